The number of likely N-dealkylation sites (N-methyl/N-ethyl adjacent to an activating group) is 2. The molecule has 0 heterocycles. The molecule has 1 fully saturated rings. The zero-order valence-corrected chi connectivity index (χ0v) is 14.1. The van der Waals surface area contributed by atoms with Crippen LogP contribution < -0.4 is 0 Å². The van der Waals surface area contributed by atoms with E-state index in [0.29, 0.717) is 0 Å². The van der Waals surface area contributed by atoms with E-state index in [-0.39, 0.29) is 23.4 Å². The first kappa shape index (κ1) is 17.0. The topological polar surface area (TPSA) is 57.7 Å². The summed E-state index contributed by atoms with van der Waals surface area (Å²) in [6.07, 6.45) is 5.52. The first-order chi connectivity index (χ1) is 10.4. The second-order valence-corrected chi connectivity index (χ2v) is 7.92. The van der Waals surface area contributed by atoms with Gasteiger partial charge in [0, 0.05) is 20.1 Å². The molecule has 1 aliphatic rings. The summed E-state index contributed by atoms with van der Waals surface area (Å²) in [5.41, 5.74) is 0. The number of nitrogens with zero attached hydrogens (tertiary/aromatic N) is 2. The quantitative estimate of drug-likeness (QED) is 0.833. The number of hydrogen-bond donors (Lipinski definition) is 0. The zero-order chi connectivity index (χ0) is 16.2. The summed E-state index contributed by atoms with van der Waals surface area (Å²) in [6, 6.07) is 8.45. The first-order valence-electron chi connectivity index (χ1n) is 7.70. The van der Waals surface area contributed by atoms with Crippen LogP contribution in [0.25, 0.3) is 0 Å². The highest BCUT2D eigenvalue weighted by Crippen LogP contribution is 2.22. The lowest BCUT2D eigenvalue weighted by Crippen LogP contribution is -2.44. The number of sulfonamides is 1. The van der Waals surface area contributed by atoms with Gasteiger partial charge in [0.05, 0.1) is 11.4 Å². The predicted octanol–water partition coefficient (Wildman–Crippen LogP) is 2.10. The van der Waals surface area contributed by atoms with Crippen molar-refractivity contribution in [1.29, 1.82) is 0 Å². The second-order valence-electron chi connectivity index (χ2n) is 5.87. The Kier molecular flexibility index (Phi) is 5.58. The van der Waals surface area contributed by atoms with E-state index in [1.54, 1.807) is 42.3 Å². The number of hydrogen-bond acceptors (Lipinski definition) is 3. The van der Waals surface area contributed by atoms with Crippen LogP contribution in [0.3, 0.4) is 0 Å². The molecule has 2 rings (SSSR count). The van der Waals surface area contributed by atoms with Crippen LogP contribution in [0, 0.1) is 0 Å². The maximum absolute atomic E-state index is 12.4. The highest BCUT2D eigenvalue weighted by molar-refractivity contribution is 7.89. The van der Waals surface area contributed by atoms with E-state index in [0.717, 1.165) is 30.0 Å². The molecule has 0 N–H and O–H groups in total. The third-order valence-electron chi connectivity index (χ3n) is 4.33. The molecule has 1 saturated carbocycles. The Labute approximate surface area is 133 Å². The lowest BCUT2D eigenvalue weighted by molar-refractivity contribution is -0.132. The molecule has 0 unspecified atom stereocenters. The van der Waals surface area contributed by atoms with Gasteiger partial charge in [-0.3, -0.25) is 4.79 Å². The summed E-state index contributed by atoms with van der Waals surface area (Å²) < 4.78 is 26.0. The number of carbonyl (C=O) groups is 1. The Balaban J connectivity index is 2.01. The molecule has 0 saturated heterocycles. The van der Waals surface area contributed by atoms with Crippen molar-refractivity contribution in [1.82, 2.24) is 9.21 Å². The van der Waals surface area contributed by atoms with E-state index in [4.69, 9.17) is 0 Å². The molecular formula is C16H24N2O3S. The second kappa shape index (κ2) is 7.24. The third-order valence-corrected chi connectivity index (χ3v) is 6.14. The monoisotopic (exact) mass is 324 g/mol. The number of carbonyl (C=O) groups excluding carboxylic acids is 1. The molecule has 6 heteroatoms. The first-order valence-corrected chi connectivity index (χ1v) is 9.14. The van der Waals surface area contributed by atoms with Crippen molar-refractivity contribution >= 4 is 15.9 Å². The summed E-state index contributed by atoms with van der Waals surface area (Å²) in [5, 5.41) is 0. The van der Waals surface area contributed by atoms with E-state index in [1.807, 2.05) is 0 Å². The van der Waals surface area contributed by atoms with Gasteiger partial charge in [0.15, 0.2) is 0 Å². The normalized spacial score (nSPS) is 16.7. The van der Waals surface area contributed by atoms with Crippen molar-refractivity contribution in [3.63, 3.8) is 0 Å². The number of rotatable bonds is 5. The van der Waals surface area contributed by atoms with Crippen molar-refractivity contribution in [2.45, 2.75) is 43.0 Å². The van der Waals surface area contributed by atoms with E-state index in [2.05, 4.69) is 0 Å². The Hall–Kier alpha value is -1.40. The molecule has 0 bridgehead atoms. The Morgan fingerprint density at radius 2 is 1.68 bits per heavy atom. The van der Waals surface area contributed by atoms with Crippen LogP contribution in [-0.4, -0.2) is 50.2 Å². The van der Waals surface area contributed by atoms with Crippen molar-refractivity contribution in [2.24, 2.45) is 0 Å². The molecule has 1 aliphatic carbocycles. The fourth-order valence-electron chi connectivity index (χ4n) is 2.83. The molecule has 22 heavy (non-hydrogen) atoms. The maximum atomic E-state index is 12.4. The van der Waals surface area contributed by atoms with Gasteiger partial charge in [-0.15, -0.1) is 0 Å². The van der Waals surface area contributed by atoms with Crippen LogP contribution in [0.15, 0.2) is 35.2 Å². The minimum Gasteiger partial charge on any atom is -0.342 e. The van der Waals surface area contributed by atoms with Crippen LogP contribution in [0.1, 0.15) is 32.1 Å². The van der Waals surface area contributed by atoms with Gasteiger partial charge in [-0.25, -0.2) is 8.42 Å². The smallest absolute Gasteiger partial charge is 0.243 e. The molecule has 1 aromatic carbocycles. The van der Waals surface area contributed by atoms with Crippen molar-refractivity contribution in [3.8, 4) is 0 Å². The Morgan fingerprint density at radius 1 is 1.09 bits per heavy atom. The average molecular weight is 324 g/mol. The maximum Gasteiger partial charge on any atom is 0.243 e. The van der Waals surface area contributed by atoms with Crippen molar-refractivity contribution in [2.75, 3.05) is 20.6 Å². The van der Waals surface area contributed by atoms with Gasteiger partial charge in [0.25, 0.3) is 0 Å². The molecule has 1 amide bonds. The summed E-state index contributed by atoms with van der Waals surface area (Å²) in [5.74, 6) is -0.145. The fraction of sp³-hybridized carbons (Fsp3) is 0.562. The van der Waals surface area contributed by atoms with E-state index in [1.165, 1.54) is 13.5 Å². The summed E-state index contributed by atoms with van der Waals surface area (Å²) in [6.45, 7) is -0.121. The van der Waals surface area contributed by atoms with Gasteiger partial charge in [0.2, 0.25) is 15.9 Å². The van der Waals surface area contributed by atoms with Crippen molar-refractivity contribution in [3.05, 3.63) is 30.3 Å². The molecule has 0 spiro atoms. The molecule has 1 aromatic rings. The summed E-state index contributed by atoms with van der Waals surface area (Å²) in [4.78, 5) is 14.3. The van der Waals surface area contributed by atoms with Crippen LogP contribution in [0.4, 0.5) is 0 Å². The minimum atomic E-state index is -3.61. The predicted molar refractivity (Wildman–Crippen MR) is 85.9 cm³/mol. The third kappa shape index (κ3) is 3.87. The van der Waals surface area contributed by atoms with E-state index >= 15 is 0 Å². The lowest BCUT2D eigenvalue weighted by Gasteiger charge is -2.32. The molecule has 0 radical (unpaired) electrons. The number of benzene rings is 1. The summed E-state index contributed by atoms with van der Waals surface area (Å²) in [7, 11) is -0.380. The van der Waals surface area contributed by atoms with Gasteiger partial charge in [-0.1, -0.05) is 37.5 Å². The van der Waals surface area contributed by atoms with Gasteiger partial charge in [-0.05, 0) is 25.0 Å². The molecule has 0 atom stereocenters. The lowest BCUT2D eigenvalue weighted by atomic mass is 9.94. The Morgan fingerprint density at radius 3 is 2.27 bits per heavy atom. The molecule has 0 aliphatic heterocycles. The van der Waals surface area contributed by atoms with Crippen LogP contribution in [-0.2, 0) is 14.8 Å². The van der Waals surface area contributed by atoms with Crippen LogP contribution >= 0.6 is 0 Å². The van der Waals surface area contributed by atoms with E-state index in [9.17, 15) is 13.2 Å². The van der Waals surface area contributed by atoms with Crippen LogP contribution in [0.2, 0.25) is 0 Å². The van der Waals surface area contributed by atoms with Gasteiger partial charge < -0.3 is 4.90 Å². The molecule has 122 valence electrons. The van der Waals surface area contributed by atoms with Gasteiger partial charge >= 0.3 is 0 Å². The van der Waals surface area contributed by atoms with Crippen LogP contribution in [0.5, 0.6) is 0 Å². The van der Waals surface area contributed by atoms with Gasteiger partial charge in [0.1, 0.15) is 0 Å². The van der Waals surface area contributed by atoms with E-state index < -0.39 is 10.0 Å². The fourth-order valence-corrected chi connectivity index (χ4v) is 3.97. The zero-order valence-electron chi connectivity index (χ0n) is 13.2. The number of amides is 1. The SMILES string of the molecule is CN(C(=O)CN(C)S(=O)(=O)c1ccccc1)C1CCCCC1. The molecular weight excluding hydrogens is 300 g/mol. The largest absolute Gasteiger partial charge is 0.342 e. The standard InChI is InChI=1S/C16H24N2O3S/c1-17(22(20,21)15-11-7-4-8-12-15)13-16(19)18(2)14-9-5-3-6-10-14/h4,7-8,11-12,14H,3,5-6,9-10,13H2,1-2H3. The molecule has 0 aromatic heterocycles. The highest BCUT2D eigenvalue weighted by atomic mass is 32.2. The minimum absolute atomic E-state index is 0.121. The van der Waals surface area contributed by atoms with Gasteiger partial charge in [-0.2, -0.15) is 4.31 Å². The van der Waals surface area contributed by atoms with Crippen molar-refractivity contribution < 1.29 is 13.2 Å². The average Bonchev–Trinajstić information content (AvgIpc) is 2.55. The summed E-state index contributed by atoms with van der Waals surface area (Å²) >= 11 is 0. The highest BCUT2D eigenvalue weighted by Gasteiger charge is 2.27. The Bertz CT molecular complexity index is 595. The molecule has 5 nitrogen and oxygen atoms in total.